The summed E-state index contributed by atoms with van der Waals surface area (Å²) in [6.07, 6.45) is 0. The van der Waals surface area contributed by atoms with Crippen LogP contribution in [-0.4, -0.2) is 0 Å². The fraction of sp³-hybridized carbons (Fsp3) is 0. The van der Waals surface area contributed by atoms with Crippen molar-refractivity contribution in [1.82, 2.24) is 0 Å². The lowest BCUT2D eigenvalue weighted by Gasteiger charge is -2.23. The Balaban J connectivity index is 1.37. The first-order valence-corrected chi connectivity index (χ1v) is 17.5. The van der Waals surface area contributed by atoms with Crippen LogP contribution < -0.4 is 0 Å². The van der Waals surface area contributed by atoms with E-state index in [1.54, 1.807) is 0 Å². The van der Waals surface area contributed by atoms with Crippen molar-refractivity contribution < 1.29 is 0 Å². The van der Waals surface area contributed by atoms with Gasteiger partial charge in [-0.1, -0.05) is 152 Å². The van der Waals surface area contributed by atoms with Crippen LogP contribution in [0.2, 0.25) is 0 Å². The number of rotatable bonds is 2. The van der Waals surface area contributed by atoms with E-state index in [0.717, 1.165) is 0 Å². The molecule has 0 nitrogen and oxygen atoms in total. The number of fused-ring (bicyclic) bond motifs is 7. The van der Waals surface area contributed by atoms with E-state index in [1.807, 2.05) is 0 Å². The summed E-state index contributed by atoms with van der Waals surface area (Å²) >= 11 is 0. The molecule has 0 radical (unpaired) electrons. The topological polar surface area (TPSA) is 0 Å². The van der Waals surface area contributed by atoms with Gasteiger partial charge in [0.2, 0.25) is 0 Å². The second-order valence-electron chi connectivity index (χ2n) is 14.0. The molecular formula is C50H28. The van der Waals surface area contributed by atoms with Gasteiger partial charge in [0.1, 0.15) is 0 Å². The van der Waals surface area contributed by atoms with E-state index in [9.17, 15) is 0 Å². The Hall–Kier alpha value is -6.50. The lowest BCUT2D eigenvalue weighted by Crippen LogP contribution is -1.95. The Morgan fingerprint density at radius 1 is 0.220 bits per heavy atom. The Morgan fingerprint density at radius 3 is 1.60 bits per heavy atom. The van der Waals surface area contributed by atoms with Crippen LogP contribution in [0.4, 0.5) is 0 Å². The predicted octanol–water partition coefficient (Wildman–Crippen LogP) is 14.2. The first-order valence-electron chi connectivity index (χ1n) is 17.5. The standard InChI is InChI=1S/C50H28/c1-2-10-29(11-3-1)46-41-26-33-12-4-5-13-34(33)27-42(41)48(39-25-23-32-21-20-30-15-8-16-31-22-24-38(39)45(32)44(30)31)50-43-28-35-14-6-7-17-36(35)37-18-9-19-40(47(37)43)49(46)50/h1-28H. The van der Waals surface area contributed by atoms with Crippen LogP contribution in [0.25, 0.3) is 120 Å². The van der Waals surface area contributed by atoms with Gasteiger partial charge in [-0.15, -0.1) is 0 Å². The molecule has 0 aliphatic heterocycles. The minimum Gasteiger partial charge on any atom is -0.0622 e. The van der Waals surface area contributed by atoms with Crippen LogP contribution in [0.3, 0.4) is 0 Å². The number of hydrogen-bond acceptors (Lipinski definition) is 0. The molecule has 0 spiro atoms. The average molecular weight is 629 g/mol. The van der Waals surface area contributed by atoms with Gasteiger partial charge in [-0.25, -0.2) is 0 Å². The summed E-state index contributed by atoms with van der Waals surface area (Å²) in [4.78, 5) is 0. The van der Waals surface area contributed by atoms with Crippen LogP contribution in [0.15, 0.2) is 170 Å². The van der Waals surface area contributed by atoms with Crippen molar-refractivity contribution >= 4 is 75.4 Å². The van der Waals surface area contributed by atoms with Crippen LogP contribution in [0, 0.1) is 0 Å². The largest absolute Gasteiger partial charge is 0.0622 e. The van der Waals surface area contributed by atoms with E-state index in [0.29, 0.717) is 0 Å². The van der Waals surface area contributed by atoms with Gasteiger partial charge in [-0.05, 0) is 138 Å². The maximum Gasteiger partial charge on any atom is -0.000697 e. The highest BCUT2D eigenvalue weighted by molar-refractivity contribution is 6.34. The highest BCUT2D eigenvalue weighted by atomic mass is 14.3. The second-order valence-corrected chi connectivity index (χ2v) is 14.0. The van der Waals surface area contributed by atoms with Crippen LogP contribution in [-0.2, 0) is 0 Å². The molecule has 0 atom stereocenters. The van der Waals surface area contributed by atoms with E-state index >= 15 is 0 Å². The molecule has 0 fully saturated rings. The smallest absolute Gasteiger partial charge is 0.000697 e. The van der Waals surface area contributed by atoms with Gasteiger partial charge in [0.25, 0.3) is 0 Å². The zero-order valence-corrected chi connectivity index (χ0v) is 27.2. The van der Waals surface area contributed by atoms with E-state index in [-0.39, 0.29) is 0 Å². The van der Waals surface area contributed by atoms with Crippen molar-refractivity contribution in [3.05, 3.63) is 170 Å². The summed E-state index contributed by atoms with van der Waals surface area (Å²) < 4.78 is 0. The molecular weight excluding hydrogens is 601 g/mol. The van der Waals surface area contributed by atoms with Crippen LogP contribution >= 0.6 is 0 Å². The Bertz CT molecular complexity index is 3220. The molecule has 11 aromatic carbocycles. The summed E-state index contributed by atoms with van der Waals surface area (Å²) in [5.74, 6) is 0. The van der Waals surface area contributed by atoms with E-state index in [4.69, 9.17) is 0 Å². The SMILES string of the molecule is c1ccc(-c2c3c(c(-c4ccc5ccc6cccc7ccc4c5c67)c4cc5ccccc5cc24)-c2cc4ccccc4c4cccc-3c24)cc1. The number of benzene rings is 11. The van der Waals surface area contributed by atoms with Crippen molar-refractivity contribution in [2.24, 2.45) is 0 Å². The van der Waals surface area contributed by atoms with Gasteiger partial charge in [-0.3, -0.25) is 0 Å². The third-order valence-corrected chi connectivity index (χ3v) is 11.5. The van der Waals surface area contributed by atoms with Crippen molar-refractivity contribution in [3.63, 3.8) is 0 Å². The Morgan fingerprint density at radius 2 is 0.800 bits per heavy atom. The molecule has 0 N–H and O–H groups in total. The van der Waals surface area contributed by atoms with E-state index < -0.39 is 0 Å². The molecule has 0 unspecified atom stereocenters. The fourth-order valence-electron chi connectivity index (χ4n) is 9.42. The highest BCUT2D eigenvalue weighted by Gasteiger charge is 2.32. The summed E-state index contributed by atoms with van der Waals surface area (Å²) in [6.45, 7) is 0. The fourth-order valence-corrected chi connectivity index (χ4v) is 9.42. The van der Waals surface area contributed by atoms with Crippen molar-refractivity contribution in [2.45, 2.75) is 0 Å². The van der Waals surface area contributed by atoms with E-state index in [2.05, 4.69) is 170 Å². The van der Waals surface area contributed by atoms with Gasteiger partial charge in [0, 0.05) is 0 Å². The second kappa shape index (κ2) is 9.56. The van der Waals surface area contributed by atoms with Crippen molar-refractivity contribution in [1.29, 1.82) is 0 Å². The summed E-state index contributed by atoms with van der Waals surface area (Å²) in [7, 11) is 0. The quantitative estimate of drug-likeness (QED) is 0.132. The minimum atomic E-state index is 1.25. The van der Waals surface area contributed by atoms with Gasteiger partial charge in [0.05, 0.1) is 0 Å². The van der Waals surface area contributed by atoms with Gasteiger partial charge in [-0.2, -0.15) is 0 Å². The predicted molar refractivity (Wildman–Crippen MR) is 215 cm³/mol. The Labute approximate surface area is 288 Å². The van der Waals surface area contributed by atoms with Crippen LogP contribution in [0.1, 0.15) is 0 Å². The third-order valence-electron chi connectivity index (χ3n) is 11.5. The summed E-state index contributed by atoms with van der Waals surface area (Å²) in [5, 5.41) is 18.3. The molecule has 0 saturated carbocycles. The van der Waals surface area contributed by atoms with Crippen molar-refractivity contribution in [3.8, 4) is 44.5 Å². The molecule has 0 heteroatoms. The summed E-state index contributed by atoms with van der Waals surface area (Å²) in [5.41, 5.74) is 10.5. The zero-order valence-electron chi connectivity index (χ0n) is 27.2. The first kappa shape index (κ1) is 26.5. The van der Waals surface area contributed by atoms with Crippen LogP contribution in [0.5, 0.6) is 0 Å². The summed E-state index contributed by atoms with van der Waals surface area (Å²) in [6, 6.07) is 63.9. The maximum absolute atomic E-state index is 2.47. The lowest BCUT2D eigenvalue weighted by molar-refractivity contribution is 1.64. The molecule has 12 rings (SSSR count). The first-order chi connectivity index (χ1) is 24.8. The molecule has 11 aromatic rings. The van der Waals surface area contributed by atoms with E-state index in [1.165, 1.54) is 120 Å². The highest BCUT2D eigenvalue weighted by Crippen LogP contribution is 2.59. The average Bonchev–Trinajstić information content (AvgIpc) is 3.50. The maximum atomic E-state index is 2.47. The van der Waals surface area contributed by atoms with Gasteiger partial charge < -0.3 is 0 Å². The molecule has 1 aliphatic carbocycles. The molecule has 0 amide bonds. The third kappa shape index (κ3) is 3.35. The Kier molecular flexibility index (Phi) is 5.06. The normalized spacial score (nSPS) is 12.4. The minimum absolute atomic E-state index is 1.25. The number of hydrogen-bond donors (Lipinski definition) is 0. The van der Waals surface area contributed by atoms with Crippen molar-refractivity contribution in [2.75, 3.05) is 0 Å². The molecule has 50 heavy (non-hydrogen) atoms. The lowest BCUT2D eigenvalue weighted by atomic mass is 9.80. The zero-order chi connectivity index (χ0) is 32.5. The molecule has 0 saturated heterocycles. The monoisotopic (exact) mass is 628 g/mol. The van der Waals surface area contributed by atoms with Gasteiger partial charge >= 0.3 is 0 Å². The van der Waals surface area contributed by atoms with Gasteiger partial charge in [0.15, 0.2) is 0 Å². The molecule has 0 heterocycles. The molecule has 228 valence electrons. The molecule has 0 aromatic heterocycles. The molecule has 0 bridgehead atoms. The molecule has 1 aliphatic rings.